The van der Waals surface area contributed by atoms with Crippen molar-refractivity contribution < 1.29 is 4.39 Å². The van der Waals surface area contributed by atoms with Gasteiger partial charge in [-0.25, -0.2) is 9.37 Å². The fourth-order valence-corrected chi connectivity index (χ4v) is 1.42. The molecule has 1 aromatic rings. The van der Waals surface area contributed by atoms with Crippen LogP contribution in [0.15, 0.2) is 12.3 Å². The van der Waals surface area contributed by atoms with Gasteiger partial charge in [0.25, 0.3) is 0 Å². The van der Waals surface area contributed by atoms with Crippen LogP contribution in [0.3, 0.4) is 0 Å². The number of halogens is 1. The number of nitrogens with one attached hydrogen (secondary N) is 2. The highest BCUT2D eigenvalue weighted by Crippen LogP contribution is 2.19. The number of hydrogen-bond donors (Lipinski definition) is 2. The van der Waals surface area contributed by atoms with Crippen molar-refractivity contribution in [2.45, 2.75) is 59.2 Å². The smallest absolute Gasteiger partial charge is 0.169 e. The molecule has 0 aliphatic rings. The zero-order chi connectivity index (χ0) is 14.0. The Balaban J connectivity index is 2.85. The molecule has 0 spiro atoms. The fourth-order valence-electron chi connectivity index (χ4n) is 1.42. The molecule has 0 radical (unpaired) electrons. The van der Waals surface area contributed by atoms with Gasteiger partial charge >= 0.3 is 0 Å². The van der Waals surface area contributed by atoms with E-state index in [1.54, 1.807) is 12.3 Å². The number of pyridine rings is 1. The Morgan fingerprint density at radius 2 is 1.72 bits per heavy atom. The average molecular weight is 253 g/mol. The molecule has 0 amide bonds. The minimum atomic E-state index is -0.274. The van der Waals surface area contributed by atoms with Crippen LogP contribution in [-0.4, -0.2) is 16.1 Å². The molecule has 18 heavy (non-hydrogen) atoms. The second kappa shape index (κ2) is 5.22. The lowest BCUT2D eigenvalue weighted by Gasteiger charge is -2.23. The zero-order valence-electron chi connectivity index (χ0n) is 12.2. The van der Waals surface area contributed by atoms with Crippen molar-refractivity contribution in [3.8, 4) is 0 Å². The third-order valence-electron chi connectivity index (χ3n) is 2.27. The molecule has 4 heteroatoms. The Kier molecular flexibility index (Phi) is 4.32. The molecule has 1 aromatic heterocycles. The van der Waals surface area contributed by atoms with E-state index in [2.05, 4.69) is 36.4 Å². The second-order valence-corrected chi connectivity index (χ2v) is 6.61. The summed E-state index contributed by atoms with van der Waals surface area (Å²) in [4.78, 5) is 4.05. The van der Waals surface area contributed by atoms with Gasteiger partial charge in [-0.2, -0.15) is 0 Å². The van der Waals surface area contributed by atoms with Gasteiger partial charge in [-0.3, -0.25) is 0 Å². The Morgan fingerprint density at radius 1 is 1.11 bits per heavy atom. The summed E-state index contributed by atoms with van der Waals surface area (Å²) in [6, 6.07) is 1.71. The van der Waals surface area contributed by atoms with Crippen LogP contribution in [0.25, 0.3) is 0 Å². The molecule has 3 nitrogen and oxygen atoms in total. The van der Waals surface area contributed by atoms with Crippen LogP contribution in [0.2, 0.25) is 0 Å². The van der Waals surface area contributed by atoms with E-state index in [1.807, 2.05) is 20.8 Å². The predicted molar refractivity (Wildman–Crippen MR) is 74.2 cm³/mol. The molecule has 102 valence electrons. The topological polar surface area (TPSA) is 37.0 Å². The van der Waals surface area contributed by atoms with Crippen LogP contribution in [0.1, 0.15) is 47.1 Å². The third kappa shape index (κ3) is 5.00. The van der Waals surface area contributed by atoms with Crippen LogP contribution in [0, 0.1) is 5.82 Å². The molecule has 0 atom stereocenters. The standard InChI is InChI=1S/C14H24FN3/c1-13(2,3)17-9-10-7-8-16-12(11(10)15)18-14(4,5)6/h7-8,17H,9H2,1-6H3,(H,16,18). The van der Waals surface area contributed by atoms with E-state index in [0.717, 1.165) is 0 Å². The van der Waals surface area contributed by atoms with Crippen LogP contribution < -0.4 is 10.6 Å². The maximum Gasteiger partial charge on any atom is 0.169 e. The van der Waals surface area contributed by atoms with Crippen molar-refractivity contribution in [2.24, 2.45) is 0 Å². The number of nitrogens with zero attached hydrogens (tertiary/aromatic N) is 1. The van der Waals surface area contributed by atoms with Crippen molar-refractivity contribution in [1.82, 2.24) is 10.3 Å². The van der Waals surface area contributed by atoms with Crippen molar-refractivity contribution >= 4 is 5.82 Å². The quantitative estimate of drug-likeness (QED) is 0.867. The largest absolute Gasteiger partial charge is 0.363 e. The van der Waals surface area contributed by atoms with Gasteiger partial charge in [0, 0.05) is 29.4 Å². The molecule has 0 bridgehead atoms. The summed E-state index contributed by atoms with van der Waals surface area (Å²) in [7, 11) is 0. The number of anilines is 1. The Labute approximate surface area is 109 Å². The molecular weight excluding hydrogens is 229 g/mol. The van der Waals surface area contributed by atoms with Crippen LogP contribution >= 0.6 is 0 Å². The Morgan fingerprint density at radius 3 is 2.22 bits per heavy atom. The molecule has 0 unspecified atom stereocenters. The molecule has 1 rings (SSSR count). The Bertz CT molecular complexity index is 402. The van der Waals surface area contributed by atoms with E-state index in [9.17, 15) is 4.39 Å². The highest BCUT2D eigenvalue weighted by molar-refractivity contribution is 5.41. The first-order chi connectivity index (χ1) is 8.08. The fraction of sp³-hybridized carbons (Fsp3) is 0.643. The van der Waals surface area contributed by atoms with E-state index in [4.69, 9.17) is 0 Å². The van der Waals surface area contributed by atoms with Gasteiger partial charge in [-0.1, -0.05) is 0 Å². The van der Waals surface area contributed by atoms with Gasteiger partial charge in [0.15, 0.2) is 11.6 Å². The van der Waals surface area contributed by atoms with Gasteiger partial charge in [-0.15, -0.1) is 0 Å². The van der Waals surface area contributed by atoms with Crippen molar-refractivity contribution in [2.75, 3.05) is 5.32 Å². The van der Waals surface area contributed by atoms with Crippen molar-refractivity contribution in [1.29, 1.82) is 0 Å². The SMILES string of the molecule is CC(C)(C)NCc1ccnc(NC(C)(C)C)c1F. The lowest BCUT2D eigenvalue weighted by atomic mass is 10.1. The van der Waals surface area contributed by atoms with Crippen molar-refractivity contribution in [3.63, 3.8) is 0 Å². The Hall–Kier alpha value is -1.16. The summed E-state index contributed by atoms with van der Waals surface area (Å²) in [5, 5.41) is 6.35. The molecule has 0 aliphatic carbocycles. The molecule has 0 fully saturated rings. The lowest BCUT2D eigenvalue weighted by Crippen LogP contribution is -2.35. The molecule has 0 aromatic carbocycles. The summed E-state index contributed by atoms with van der Waals surface area (Å²) in [5.41, 5.74) is 0.392. The summed E-state index contributed by atoms with van der Waals surface area (Å²) < 4.78 is 14.2. The second-order valence-electron chi connectivity index (χ2n) is 6.61. The van der Waals surface area contributed by atoms with Crippen LogP contribution in [-0.2, 0) is 6.54 Å². The molecule has 0 aliphatic heterocycles. The first-order valence-corrected chi connectivity index (χ1v) is 6.25. The molecule has 0 saturated carbocycles. The number of aromatic nitrogens is 1. The van der Waals surface area contributed by atoms with Crippen LogP contribution in [0.4, 0.5) is 10.2 Å². The normalized spacial score (nSPS) is 12.6. The van der Waals surface area contributed by atoms with Gasteiger partial charge in [-0.05, 0) is 47.6 Å². The third-order valence-corrected chi connectivity index (χ3v) is 2.27. The summed E-state index contributed by atoms with van der Waals surface area (Å²) in [6.45, 7) is 12.6. The van der Waals surface area contributed by atoms with E-state index in [1.165, 1.54) is 0 Å². The van der Waals surface area contributed by atoms with Gasteiger partial charge in [0.2, 0.25) is 0 Å². The number of hydrogen-bond acceptors (Lipinski definition) is 3. The molecular formula is C14H24FN3. The monoisotopic (exact) mass is 253 g/mol. The minimum absolute atomic E-state index is 0.0344. The lowest BCUT2D eigenvalue weighted by molar-refractivity contribution is 0.418. The van der Waals surface area contributed by atoms with Gasteiger partial charge < -0.3 is 10.6 Å². The summed E-state index contributed by atoms with van der Waals surface area (Å²) in [5.74, 6) is 0.0416. The van der Waals surface area contributed by atoms with E-state index in [-0.39, 0.29) is 16.9 Å². The highest BCUT2D eigenvalue weighted by Gasteiger charge is 2.17. The minimum Gasteiger partial charge on any atom is -0.363 e. The van der Waals surface area contributed by atoms with E-state index >= 15 is 0 Å². The average Bonchev–Trinajstić information content (AvgIpc) is 2.16. The number of rotatable bonds is 3. The van der Waals surface area contributed by atoms with E-state index < -0.39 is 0 Å². The van der Waals surface area contributed by atoms with Gasteiger partial charge in [0.1, 0.15) is 0 Å². The molecule has 1 heterocycles. The zero-order valence-corrected chi connectivity index (χ0v) is 12.2. The van der Waals surface area contributed by atoms with Crippen LogP contribution in [0.5, 0.6) is 0 Å². The van der Waals surface area contributed by atoms with E-state index in [0.29, 0.717) is 17.9 Å². The van der Waals surface area contributed by atoms with Gasteiger partial charge in [0.05, 0.1) is 0 Å². The molecule has 0 saturated heterocycles. The molecule has 2 N–H and O–H groups in total. The summed E-state index contributed by atoms with van der Waals surface area (Å²) >= 11 is 0. The summed E-state index contributed by atoms with van der Waals surface area (Å²) in [6.07, 6.45) is 1.64. The first-order valence-electron chi connectivity index (χ1n) is 6.25. The maximum atomic E-state index is 14.2. The first kappa shape index (κ1) is 14.9. The van der Waals surface area contributed by atoms with Crippen molar-refractivity contribution in [3.05, 3.63) is 23.6 Å². The highest BCUT2D eigenvalue weighted by atomic mass is 19.1. The predicted octanol–water partition coefficient (Wildman–Crippen LogP) is 3.32. The maximum absolute atomic E-state index is 14.2.